The zero-order valence-corrected chi connectivity index (χ0v) is 13.5. The molecule has 0 saturated heterocycles. The van der Waals surface area contributed by atoms with E-state index in [0.29, 0.717) is 29.7 Å². The molecule has 0 aliphatic rings. The minimum Gasteiger partial charge on any atom is -1.00 e. The first-order valence-electron chi connectivity index (χ1n) is 6.09. The van der Waals surface area contributed by atoms with Gasteiger partial charge in [0.25, 0.3) is 5.91 Å². The van der Waals surface area contributed by atoms with Crippen molar-refractivity contribution in [3.8, 4) is 0 Å². The molecule has 0 fully saturated rings. The molecule has 0 aliphatic heterocycles. The molecular formula is C12H13Cl3N5O2-. The van der Waals surface area contributed by atoms with Crippen molar-refractivity contribution in [1.29, 1.82) is 0 Å². The summed E-state index contributed by atoms with van der Waals surface area (Å²) in [5.74, 6) is -0.470. The van der Waals surface area contributed by atoms with Crippen molar-refractivity contribution in [2.75, 3.05) is 18.8 Å². The Bertz CT molecular complexity index is 635. The number of nitrogens with zero attached hydrogens (tertiary/aromatic N) is 2. The predicted molar refractivity (Wildman–Crippen MR) is 79.2 cm³/mol. The summed E-state index contributed by atoms with van der Waals surface area (Å²) >= 11 is 12.0. The number of carbonyl (C=O) groups is 1. The third kappa shape index (κ3) is 4.74. The SMILES string of the molecule is Nc1nonc1C(=O)NCCNCc1cccc(Cl)c1Cl.[Cl-]. The van der Waals surface area contributed by atoms with E-state index in [0.717, 1.165) is 5.56 Å². The maximum Gasteiger partial charge on any atom is 0.277 e. The summed E-state index contributed by atoms with van der Waals surface area (Å²) in [6, 6.07) is 5.43. The van der Waals surface area contributed by atoms with Gasteiger partial charge in [0.2, 0.25) is 11.5 Å². The van der Waals surface area contributed by atoms with Crippen molar-refractivity contribution in [2.45, 2.75) is 6.54 Å². The standard InChI is InChI=1S/C12H13Cl2N5O2.ClH/c13-8-3-1-2-7(9(8)14)6-16-4-5-17-12(20)10-11(15)19-21-18-10;/h1-3,16H,4-6H2,(H2,15,19)(H,17,20);1H/p-1. The number of aromatic nitrogens is 2. The molecule has 0 spiro atoms. The number of halogens is 3. The Balaban J connectivity index is 0.00000242. The zero-order valence-electron chi connectivity index (χ0n) is 11.3. The molecule has 0 radical (unpaired) electrons. The third-order valence-corrected chi connectivity index (χ3v) is 3.52. The molecular weight excluding hydrogens is 353 g/mol. The Labute approximate surface area is 142 Å². The number of nitrogen functional groups attached to an aromatic ring is 1. The Morgan fingerprint density at radius 2 is 2.05 bits per heavy atom. The van der Waals surface area contributed by atoms with Crippen LogP contribution in [-0.2, 0) is 6.54 Å². The summed E-state index contributed by atoms with van der Waals surface area (Å²) in [6.45, 7) is 1.48. The molecule has 120 valence electrons. The van der Waals surface area contributed by atoms with Crippen LogP contribution >= 0.6 is 23.2 Å². The fourth-order valence-electron chi connectivity index (χ4n) is 1.61. The van der Waals surface area contributed by atoms with Crippen LogP contribution in [0.5, 0.6) is 0 Å². The van der Waals surface area contributed by atoms with Gasteiger partial charge < -0.3 is 28.8 Å². The first kappa shape index (κ1) is 18.5. The predicted octanol–water partition coefficient (Wildman–Crippen LogP) is -1.52. The van der Waals surface area contributed by atoms with Crippen LogP contribution in [-0.4, -0.2) is 29.3 Å². The molecule has 0 saturated carbocycles. The number of anilines is 1. The number of carbonyl (C=O) groups excluding carboxylic acids is 1. The van der Waals surface area contributed by atoms with Crippen LogP contribution < -0.4 is 28.8 Å². The average molecular weight is 366 g/mol. The Morgan fingerprint density at radius 1 is 1.27 bits per heavy atom. The van der Waals surface area contributed by atoms with E-state index in [2.05, 4.69) is 25.6 Å². The van der Waals surface area contributed by atoms with E-state index < -0.39 is 5.91 Å². The Morgan fingerprint density at radius 3 is 2.73 bits per heavy atom. The van der Waals surface area contributed by atoms with Gasteiger partial charge in [0.15, 0.2) is 0 Å². The van der Waals surface area contributed by atoms with Crippen molar-refractivity contribution >= 4 is 34.9 Å². The van der Waals surface area contributed by atoms with Crippen molar-refractivity contribution in [3.63, 3.8) is 0 Å². The second kappa shape index (κ2) is 8.79. The molecule has 1 aromatic carbocycles. The lowest BCUT2D eigenvalue weighted by Gasteiger charge is -2.08. The smallest absolute Gasteiger partial charge is 0.277 e. The lowest BCUT2D eigenvalue weighted by Crippen LogP contribution is -3.00. The van der Waals surface area contributed by atoms with Gasteiger partial charge in [0, 0.05) is 19.6 Å². The van der Waals surface area contributed by atoms with E-state index in [9.17, 15) is 4.79 Å². The van der Waals surface area contributed by atoms with Gasteiger partial charge in [-0.15, -0.1) is 0 Å². The number of rotatable bonds is 6. The van der Waals surface area contributed by atoms with Crippen LogP contribution in [0.15, 0.2) is 22.8 Å². The van der Waals surface area contributed by atoms with Crippen LogP contribution in [0.2, 0.25) is 10.0 Å². The van der Waals surface area contributed by atoms with Crippen molar-refractivity contribution in [2.24, 2.45) is 0 Å². The van der Waals surface area contributed by atoms with Gasteiger partial charge in [-0.05, 0) is 21.9 Å². The Hall–Kier alpha value is -1.54. The molecule has 2 aromatic rings. The van der Waals surface area contributed by atoms with E-state index in [-0.39, 0.29) is 23.9 Å². The van der Waals surface area contributed by atoms with Crippen LogP contribution in [0.1, 0.15) is 16.1 Å². The molecule has 4 N–H and O–H groups in total. The maximum absolute atomic E-state index is 11.6. The fourth-order valence-corrected chi connectivity index (χ4v) is 2.00. The zero-order chi connectivity index (χ0) is 15.2. The number of hydrogen-bond acceptors (Lipinski definition) is 6. The van der Waals surface area contributed by atoms with E-state index in [4.69, 9.17) is 28.9 Å². The fraction of sp³-hybridized carbons (Fsp3) is 0.250. The number of amides is 1. The minimum absolute atomic E-state index is 0. The minimum atomic E-state index is -0.434. The van der Waals surface area contributed by atoms with Gasteiger partial charge in [-0.1, -0.05) is 35.3 Å². The number of nitrogens with one attached hydrogen (secondary N) is 2. The second-order valence-corrected chi connectivity index (χ2v) is 4.93. The summed E-state index contributed by atoms with van der Waals surface area (Å²) < 4.78 is 4.35. The van der Waals surface area contributed by atoms with Crippen molar-refractivity contribution in [3.05, 3.63) is 39.5 Å². The summed E-state index contributed by atoms with van der Waals surface area (Å²) in [6.07, 6.45) is 0. The van der Waals surface area contributed by atoms with Crippen LogP contribution in [0, 0.1) is 0 Å². The van der Waals surface area contributed by atoms with Crippen LogP contribution in [0.25, 0.3) is 0 Å². The number of nitrogens with two attached hydrogens (primary N) is 1. The molecule has 22 heavy (non-hydrogen) atoms. The lowest BCUT2D eigenvalue weighted by molar-refractivity contribution is -0.0000131. The monoisotopic (exact) mass is 364 g/mol. The largest absolute Gasteiger partial charge is 1.00 e. The number of hydrogen-bond donors (Lipinski definition) is 3. The van der Waals surface area contributed by atoms with E-state index in [1.165, 1.54) is 0 Å². The molecule has 0 aliphatic carbocycles. The molecule has 2 rings (SSSR count). The highest BCUT2D eigenvalue weighted by atomic mass is 35.5. The van der Waals surface area contributed by atoms with Gasteiger partial charge in [0.1, 0.15) is 0 Å². The van der Waals surface area contributed by atoms with E-state index >= 15 is 0 Å². The van der Waals surface area contributed by atoms with Crippen molar-refractivity contribution < 1.29 is 21.8 Å². The molecule has 1 aromatic heterocycles. The van der Waals surface area contributed by atoms with Gasteiger partial charge in [0.05, 0.1) is 10.0 Å². The summed E-state index contributed by atoms with van der Waals surface area (Å²) in [7, 11) is 0. The summed E-state index contributed by atoms with van der Waals surface area (Å²) in [5.41, 5.74) is 6.28. The maximum atomic E-state index is 11.6. The van der Waals surface area contributed by atoms with E-state index in [1.54, 1.807) is 6.07 Å². The van der Waals surface area contributed by atoms with E-state index in [1.807, 2.05) is 12.1 Å². The molecule has 0 atom stereocenters. The topological polar surface area (TPSA) is 106 Å². The highest BCUT2D eigenvalue weighted by molar-refractivity contribution is 6.42. The summed E-state index contributed by atoms with van der Waals surface area (Å²) in [5, 5.41) is 13.5. The van der Waals surface area contributed by atoms with Crippen LogP contribution in [0.3, 0.4) is 0 Å². The summed E-state index contributed by atoms with van der Waals surface area (Å²) in [4.78, 5) is 11.6. The van der Waals surface area contributed by atoms with Gasteiger partial charge >= 0.3 is 0 Å². The van der Waals surface area contributed by atoms with Gasteiger partial charge in [-0.2, -0.15) is 0 Å². The molecule has 1 heterocycles. The van der Waals surface area contributed by atoms with Crippen molar-refractivity contribution in [1.82, 2.24) is 20.9 Å². The normalized spacial score (nSPS) is 10.1. The highest BCUT2D eigenvalue weighted by Gasteiger charge is 2.14. The highest BCUT2D eigenvalue weighted by Crippen LogP contribution is 2.25. The van der Waals surface area contributed by atoms with Gasteiger partial charge in [-0.25, -0.2) is 4.63 Å². The molecule has 0 unspecified atom stereocenters. The molecule has 10 heteroatoms. The Kier molecular flexibility index (Phi) is 7.40. The van der Waals surface area contributed by atoms with Gasteiger partial charge in [-0.3, -0.25) is 4.79 Å². The first-order valence-corrected chi connectivity index (χ1v) is 6.85. The third-order valence-electron chi connectivity index (χ3n) is 2.66. The molecule has 0 bridgehead atoms. The molecule has 1 amide bonds. The van der Waals surface area contributed by atoms with Crippen LogP contribution in [0.4, 0.5) is 5.82 Å². The average Bonchev–Trinajstić information content (AvgIpc) is 2.89. The second-order valence-electron chi connectivity index (χ2n) is 4.14. The molecule has 7 nitrogen and oxygen atoms in total. The number of benzene rings is 1. The first-order chi connectivity index (χ1) is 10.1. The lowest BCUT2D eigenvalue weighted by atomic mass is 10.2. The quantitative estimate of drug-likeness (QED) is 0.537.